The molecule has 0 saturated carbocycles. The zero-order chi connectivity index (χ0) is 19.1. The van der Waals surface area contributed by atoms with E-state index in [1.54, 1.807) is 12.1 Å². The highest BCUT2D eigenvalue weighted by Crippen LogP contribution is 2.22. The molecule has 2 aromatic carbocycles. The van der Waals surface area contributed by atoms with Crippen LogP contribution in [0.3, 0.4) is 0 Å². The Labute approximate surface area is 160 Å². The Morgan fingerprint density at radius 1 is 1.15 bits per heavy atom. The van der Waals surface area contributed by atoms with Crippen LogP contribution in [0.4, 0.5) is 0 Å². The fourth-order valence-corrected chi connectivity index (χ4v) is 2.61. The van der Waals surface area contributed by atoms with Crippen molar-refractivity contribution in [2.24, 2.45) is 0 Å². The van der Waals surface area contributed by atoms with E-state index in [0.717, 1.165) is 0 Å². The first-order valence-electron chi connectivity index (χ1n) is 7.53. The van der Waals surface area contributed by atoms with E-state index < -0.39 is 0 Å². The molecule has 0 saturated heterocycles. The largest absolute Gasteiger partial charge is 0.483 e. The number of halogens is 2. The average Bonchev–Trinajstić information content (AvgIpc) is 2.63. The van der Waals surface area contributed by atoms with Crippen LogP contribution in [0.5, 0.6) is 5.75 Å². The normalized spacial score (nSPS) is 9.92. The molecular weight excluding hydrogens is 377 g/mol. The number of nitrogens with zero attached hydrogens (tertiary/aromatic N) is 1. The Morgan fingerprint density at radius 3 is 2.46 bits per heavy atom. The minimum absolute atomic E-state index is 0.137. The molecule has 6 nitrogen and oxygen atoms in total. The monoisotopic (exact) mass is 391 g/mol. The second kappa shape index (κ2) is 9.09. The van der Waals surface area contributed by atoms with Crippen LogP contribution >= 0.6 is 23.2 Å². The molecule has 2 amide bonds. The zero-order valence-corrected chi connectivity index (χ0v) is 15.3. The topological polar surface area (TPSA) is 91.2 Å². The minimum atomic E-state index is -0.365. The predicted octanol–water partition coefficient (Wildman–Crippen LogP) is 2.92. The maximum atomic E-state index is 12.3. The number of nitriles is 1. The lowest BCUT2D eigenvalue weighted by Gasteiger charge is -2.12. The van der Waals surface area contributed by atoms with Gasteiger partial charge in [0.2, 0.25) is 0 Å². The highest BCUT2D eigenvalue weighted by molar-refractivity contribution is 6.35. The summed E-state index contributed by atoms with van der Waals surface area (Å²) in [6.45, 7) is -0.0615. The summed E-state index contributed by atoms with van der Waals surface area (Å²) < 4.78 is 5.45. The highest BCUT2D eigenvalue weighted by atomic mass is 35.5. The Kier molecular flexibility index (Phi) is 6.84. The van der Waals surface area contributed by atoms with E-state index in [1.807, 2.05) is 6.07 Å². The van der Waals surface area contributed by atoms with Crippen LogP contribution in [0.2, 0.25) is 10.0 Å². The number of amides is 2. The first kappa shape index (κ1) is 19.6. The molecule has 26 heavy (non-hydrogen) atoms. The van der Waals surface area contributed by atoms with Gasteiger partial charge in [0, 0.05) is 34.8 Å². The average molecular weight is 392 g/mol. The van der Waals surface area contributed by atoms with Gasteiger partial charge in [-0.2, -0.15) is 5.26 Å². The Hall–Kier alpha value is -2.75. The van der Waals surface area contributed by atoms with Crippen LogP contribution < -0.4 is 15.4 Å². The third-order valence-corrected chi connectivity index (χ3v) is 3.83. The van der Waals surface area contributed by atoms with Crippen LogP contribution in [0.15, 0.2) is 36.4 Å². The van der Waals surface area contributed by atoms with Crippen molar-refractivity contribution in [3.05, 3.63) is 63.1 Å². The molecule has 2 N–H and O–H groups in total. The quantitative estimate of drug-likeness (QED) is 0.791. The molecular formula is C18H15Cl2N3O3. The van der Waals surface area contributed by atoms with Crippen LogP contribution in [-0.2, 0) is 11.3 Å². The predicted molar refractivity (Wildman–Crippen MR) is 98.4 cm³/mol. The molecule has 0 aliphatic rings. The van der Waals surface area contributed by atoms with Gasteiger partial charge in [-0.25, -0.2) is 0 Å². The Morgan fingerprint density at radius 2 is 1.85 bits per heavy atom. The van der Waals surface area contributed by atoms with Gasteiger partial charge in [0.15, 0.2) is 6.61 Å². The number of ether oxygens (including phenoxy) is 1. The van der Waals surface area contributed by atoms with Crippen molar-refractivity contribution in [2.45, 2.75) is 6.54 Å². The second-order valence-corrected chi connectivity index (χ2v) is 6.11. The molecule has 0 spiro atoms. The summed E-state index contributed by atoms with van der Waals surface area (Å²) in [5, 5.41) is 14.9. The van der Waals surface area contributed by atoms with Gasteiger partial charge in [-0.15, -0.1) is 0 Å². The maximum Gasteiger partial charge on any atom is 0.257 e. The molecule has 0 aliphatic carbocycles. The van der Waals surface area contributed by atoms with Crippen LogP contribution in [0.1, 0.15) is 21.5 Å². The van der Waals surface area contributed by atoms with E-state index in [4.69, 9.17) is 33.2 Å². The van der Waals surface area contributed by atoms with Gasteiger partial charge < -0.3 is 15.4 Å². The lowest BCUT2D eigenvalue weighted by Crippen LogP contribution is -2.26. The number of nitrogens with one attached hydrogen (secondary N) is 2. The second-order valence-electron chi connectivity index (χ2n) is 5.24. The number of benzene rings is 2. The summed E-state index contributed by atoms with van der Waals surface area (Å²) in [5.41, 5.74) is 1.33. The van der Waals surface area contributed by atoms with Gasteiger partial charge >= 0.3 is 0 Å². The summed E-state index contributed by atoms with van der Waals surface area (Å²) in [6, 6.07) is 11.3. The van der Waals surface area contributed by atoms with E-state index >= 15 is 0 Å². The highest BCUT2D eigenvalue weighted by Gasteiger charge is 2.11. The summed E-state index contributed by atoms with van der Waals surface area (Å²) >= 11 is 11.8. The van der Waals surface area contributed by atoms with Crippen LogP contribution in [0, 0.1) is 11.3 Å². The number of rotatable bonds is 6. The fourth-order valence-electron chi connectivity index (χ4n) is 2.08. The van der Waals surface area contributed by atoms with E-state index in [0.29, 0.717) is 32.5 Å². The van der Waals surface area contributed by atoms with Gasteiger partial charge in [0.1, 0.15) is 5.75 Å². The lowest BCUT2D eigenvalue weighted by molar-refractivity contribution is -0.122. The van der Waals surface area contributed by atoms with Crippen LogP contribution in [-0.4, -0.2) is 25.5 Å². The van der Waals surface area contributed by atoms with E-state index in [-0.39, 0.29) is 25.0 Å². The minimum Gasteiger partial charge on any atom is -0.483 e. The van der Waals surface area contributed by atoms with Crippen molar-refractivity contribution in [3.8, 4) is 11.8 Å². The molecule has 0 bridgehead atoms. The zero-order valence-electron chi connectivity index (χ0n) is 13.8. The SMILES string of the molecule is CNC(=O)COc1cc(C#N)ccc1CNC(=O)c1cc(Cl)cc(Cl)c1. The molecule has 0 radical (unpaired) electrons. The molecule has 0 unspecified atom stereocenters. The molecule has 0 atom stereocenters. The number of hydrogen-bond acceptors (Lipinski definition) is 4. The van der Waals surface area contributed by atoms with E-state index in [9.17, 15) is 9.59 Å². The number of likely N-dealkylation sites (N-methyl/N-ethyl adjacent to an activating group) is 1. The van der Waals surface area contributed by atoms with Gasteiger partial charge in [0.05, 0.1) is 11.6 Å². The smallest absolute Gasteiger partial charge is 0.257 e. The summed E-state index contributed by atoms with van der Waals surface area (Å²) in [7, 11) is 1.49. The molecule has 2 rings (SSSR count). The molecule has 0 aromatic heterocycles. The van der Waals surface area contributed by atoms with Gasteiger partial charge in [-0.3, -0.25) is 9.59 Å². The molecule has 8 heteroatoms. The van der Waals surface area contributed by atoms with E-state index in [2.05, 4.69) is 10.6 Å². The first-order valence-corrected chi connectivity index (χ1v) is 8.29. The Bertz CT molecular complexity index is 858. The molecule has 0 aliphatic heterocycles. The van der Waals surface area contributed by atoms with Crippen molar-refractivity contribution in [1.82, 2.24) is 10.6 Å². The number of carbonyl (C=O) groups is 2. The summed E-state index contributed by atoms with van der Waals surface area (Å²) in [5.74, 6) is -0.330. The molecule has 0 heterocycles. The number of carbonyl (C=O) groups excluding carboxylic acids is 2. The third-order valence-electron chi connectivity index (χ3n) is 3.40. The summed E-state index contributed by atoms with van der Waals surface area (Å²) in [4.78, 5) is 23.7. The first-order chi connectivity index (χ1) is 12.4. The summed E-state index contributed by atoms with van der Waals surface area (Å²) in [6.07, 6.45) is 0. The number of hydrogen-bond donors (Lipinski definition) is 2. The standard InChI is InChI=1S/C18H15Cl2N3O3/c1-22-17(24)10-26-16-4-11(8-21)2-3-12(16)9-23-18(25)13-5-14(19)7-15(20)6-13/h2-7H,9-10H2,1H3,(H,22,24)(H,23,25). The van der Waals surface area contributed by atoms with Crippen molar-refractivity contribution in [2.75, 3.05) is 13.7 Å². The maximum absolute atomic E-state index is 12.3. The van der Waals surface area contributed by atoms with Gasteiger partial charge in [-0.1, -0.05) is 29.3 Å². The van der Waals surface area contributed by atoms with Crippen molar-refractivity contribution < 1.29 is 14.3 Å². The molecule has 134 valence electrons. The van der Waals surface area contributed by atoms with E-state index in [1.165, 1.54) is 31.3 Å². The molecule has 2 aromatic rings. The van der Waals surface area contributed by atoms with Gasteiger partial charge in [-0.05, 0) is 30.3 Å². The fraction of sp³-hybridized carbons (Fsp3) is 0.167. The van der Waals surface area contributed by atoms with Crippen molar-refractivity contribution in [1.29, 1.82) is 5.26 Å². The third kappa shape index (κ3) is 5.38. The van der Waals surface area contributed by atoms with Crippen molar-refractivity contribution >= 4 is 35.0 Å². The Balaban J connectivity index is 2.13. The van der Waals surface area contributed by atoms with Gasteiger partial charge in [0.25, 0.3) is 11.8 Å². The molecule has 0 fully saturated rings. The lowest BCUT2D eigenvalue weighted by atomic mass is 10.1. The van der Waals surface area contributed by atoms with Crippen molar-refractivity contribution in [3.63, 3.8) is 0 Å². The van der Waals surface area contributed by atoms with Crippen LogP contribution in [0.25, 0.3) is 0 Å².